The van der Waals surface area contributed by atoms with Crippen LogP contribution >= 0.6 is 0 Å². The third-order valence-corrected chi connectivity index (χ3v) is 3.82. The topological polar surface area (TPSA) is 81.7 Å². The van der Waals surface area contributed by atoms with Gasteiger partial charge in [0, 0.05) is 18.6 Å². The first-order valence-electron chi connectivity index (χ1n) is 7.53. The van der Waals surface area contributed by atoms with Crippen LogP contribution < -0.4 is 10.6 Å². The van der Waals surface area contributed by atoms with Crippen LogP contribution in [0, 0.1) is 0 Å². The number of carboxylic acids is 1. The summed E-state index contributed by atoms with van der Waals surface area (Å²) in [6, 6.07) is -0.264. The van der Waals surface area contributed by atoms with Crippen LogP contribution in [0.15, 0.2) is 0 Å². The van der Waals surface area contributed by atoms with Crippen molar-refractivity contribution in [2.45, 2.75) is 58.0 Å². The van der Waals surface area contributed by atoms with E-state index in [2.05, 4.69) is 22.5 Å². The van der Waals surface area contributed by atoms with Gasteiger partial charge in [0.05, 0.1) is 6.42 Å². The number of piperidine rings is 1. The summed E-state index contributed by atoms with van der Waals surface area (Å²) in [4.78, 5) is 24.8. The molecule has 0 aromatic carbocycles. The Labute approximate surface area is 120 Å². The summed E-state index contributed by atoms with van der Waals surface area (Å²) >= 11 is 0. The molecule has 2 amide bonds. The quantitative estimate of drug-likeness (QED) is 0.660. The number of rotatable bonds is 7. The molecule has 0 aromatic rings. The van der Waals surface area contributed by atoms with Gasteiger partial charge in [-0.3, -0.25) is 9.69 Å². The van der Waals surface area contributed by atoms with Crippen molar-refractivity contribution < 1.29 is 14.7 Å². The Morgan fingerprint density at radius 3 is 2.45 bits per heavy atom. The van der Waals surface area contributed by atoms with Gasteiger partial charge >= 0.3 is 12.0 Å². The zero-order valence-corrected chi connectivity index (χ0v) is 12.5. The van der Waals surface area contributed by atoms with E-state index in [9.17, 15) is 9.59 Å². The van der Waals surface area contributed by atoms with Gasteiger partial charge in [0.1, 0.15) is 0 Å². The average Bonchev–Trinajstić information content (AvgIpc) is 2.44. The Hall–Kier alpha value is -1.30. The van der Waals surface area contributed by atoms with Crippen LogP contribution in [0.4, 0.5) is 4.79 Å². The largest absolute Gasteiger partial charge is 0.481 e. The number of amides is 2. The van der Waals surface area contributed by atoms with E-state index in [1.165, 1.54) is 19.3 Å². The fraction of sp³-hybridized carbons (Fsp3) is 0.857. The number of urea groups is 1. The maximum absolute atomic E-state index is 11.7. The maximum Gasteiger partial charge on any atom is 0.315 e. The molecule has 0 spiro atoms. The number of carbonyl (C=O) groups is 2. The maximum atomic E-state index is 11.7. The van der Waals surface area contributed by atoms with Crippen LogP contribution in [0.1, 0.15) is 46.0 Å². The smallest absolute Gasteiger partial charge is 0.315 e. The van der Waals surface area contributed by atoms with Gasteiger partial charge < -0.3 is 15.7 Å². The summed E-state index contributed by atoms with van der Waals surface area (Å²) in [5.41, 5.74) is 0. The van der Waals surface area contributed by atoms with Crippen LogP contribution in [-0.2, 0) is 4.79 Å². The molecule has 1 aliphatic heterocycles. The van der Waals surface area contributed by atoms with E-state index in [0.717, 1.165) is 13.1 Å². The Balaban J connectivity index is 2.25. The fourth-order valence-electron chi connectivity index (χ4n) is 2.47. The highest BCUT2D eigenvalue weighted by Gasteiger charge is 2.18. The number of nitrogens with zero attached hydrogens (tertiary/aromatic N) is 1. The van der Waals surface area contributed by atoms with Crippen molar-refractivity contribution in [2.24, 2.45) is 0 Å². The summed E-state index contributed by atoms with van der Waals surface area (Å²) in [6.45, 7) is 6.77. The number of hydrogen-bond acceptors (Lipinski definition) is 3. The van der Waals surface area contributed by atoms with Crippen LogP contribution in [0.3, 0.4) is 0 Å². The second kappa shape index (κ2) is 8.79. The van der Waals surface area contributed by atoms with Crippen LogP contribution in [0.2, 0.25) is 0 Å². The number of aliphatic carboxylic acids is 1. The molecule has 2 atom stereocenters. The van der Waals surface area contributed by atoms with Crippen molar-refractivity contribution in [1.29, 1.82) is 0 Å². The highest BCUT2D eigenvalue weighted by molar-refractivity contribution is 5.75. The number of likely N-dealkylation sites (tertiary alicyclic amines) is 1. The molecular formula is C14H27N3O3. The van der Waals surface area contributed by atoms with Crippen LogP contribution in [0.5, 0.6) is 0 Å². The lowest BCUT2D eigenvalue weighted by Gasteiger charge is -2.32. The molecule has 1 saturated heterocycles. The summed E-state index contributed by atoms with van der Waals surface area (Å²) in [5, 5.41) is 14.3. The molecule has 0 bridgehead atoms. The Morgan fingerprint density at radius 1 is 1.25 bits per heavy atom. The Bertz CT molecular complexity index is 317. The average molecular weight is 285 g/mol. The van der Waals surface area contributed by atoms with E-state index >= 15 is 0 Å². The summed E-state index contributed by atoms with van der Waals surface area (Å²) < 4.78 is 0. The van der Waals surface area contributed by atoms with Crippen LogP contribution in [0.25, 0.3) is 0 Å². The first kappa shape index (κ1) is 16.8. The second-order valence-electron chi connectivity index (χ2n) is 5.50. The lowest BCUT2D eigenvalue weighted by atomic mass is 10.1. The van der Waals surface area contributed by atoms with Gasteiger partial charge in [-0.15, -0.1) is 0 Å². The summed E-state index contributed by atoms with van der Waals surface area (Å²) in [6.07, 6.45) is 4.33. The molecule has 6 nitrogen and oxygen atoms in total. The monoisotopic (exact) mass is 285 g/mol. The first-order chi connectivity index (χ1) is 9.52. The molecule has 20 heavy (non-hydrogen) atoms. The molecule has 1 fully saturated rings. The van der Waals surface area contributed by atoms with Gasteiger partial charge in [-0.25, -0.2) is 4.79 Å². The van der Waals surface area contributed by atoms with Crippen LogP contribution in [-0.4, -0.2) is 53.7 Å². The molecule has 6 heteroatoms. The van der Waals surface area contributed by atoms with Crippen molar-refractivity contribution in [3.63, 3.8) is 0 Å². The predicted octanol–water partition coefficient (Wildman–Crippen LogP) is 1.41. The molecule has 1 rings (SSSR count). The molecule has 1 heterocycles. The molecule has 0 aliphatic carbocycles. The number of carbonyl (C=O) groups excluding carboxylic acids is 1. The van der Waals surface area contributed by atoms with Crippen molar-refractivity contribution in [2.75, 3.05) is 19.6 Å². The van der Waals surface area contributed by atoms with Gasteiger partial charge in [-0.2, -0.15) is 0 Å². The van der Waals surface area contributed by atoms with Crippen molar-refractivity contribution in [3.05, 3.63) is 0 Å². The van der Waals surface area contributed by atoms with Crippen molar-refractivity contribution in [3.8, 4) is 0 Å². The minimum Gasteiger partial charge on any atom is -0.481 e. The fourth-order valence-corrected chi connectivity index (χ4v) is 2.47. The minimum atomic E-state index is -0.890. The first-order valence-corrected chi connectivity index (χ1v) is 7.53. The number of hydrogen-bond donors (Lipinski definition) is 3. The van der Waals surface area contributed by atoms with E-state index in [1.54, 1.807) is 0 Å². The lowest BCUT2D eigenvalue weighted by Crippen LogP contribution is -2.48. The third-order valence-electron chi connectivity index (χ3n) is 3.82. The summed E-state index contributed by atoms with van der Waals surface area (Å²) in [5.74, 6) is -0.890. The standard InChI is InChI=1S/C14H27N3O3/c1-3-12(9-13(18)19)16-14(20)15-10-11(2)17-7-5-4-6-8-17/h11-12H,3-10H2,1-2H3,(H,18,19)(H2,15,16,20). The second-order valence-corrected chi connectivity index (χ2v) is 5.50. The molecule has 3 N–H and O–H groups in total. The molecule has 116 valence electrons. The van der Waals surface area contributed by atoms with Crippen molar-refractivity contribution in [1.82, 2.24) is 15.5 Å². The Kier molecular flexibility index (Phi) is 7.36. The zero-order valence-electron chi connectivity index (χ0n) is 12.5. The van der Waals surface area contributed by atoms with E-state index in [1.807, 2.05) is 6.92 Å². The van der Waals surface area contributed by atoms with Gasteiger partial charge in [0.25, 0.3) is 0 Å². The highest BCUT2D eigenvalue weighted by atomic mass is 16.4. The SMILES string of the molecule is CCC(CC(=O)O)NC(=O)NCC(C)N1CCCCC1. The van der Waals surface area contributed by atoms with E-state index in [0.29, 0.717) is 19.0 Å². The normalized spacial score (nSPS) is 19.1. The zero-order chi connectivity index (χ0) is 15.0. The minimum absolute atomic E-state index is 0.0361. The van der Waals surface area contributed by atoms with Crippen molar-refractivity contribution >= 4 is 12.0 Å². The van der Waals surface area contributed by atoms with E-state index < -0.39 is 5.97 Å². The molecular weight excluding hydrogens is 258 g/mol. The van der Waals surface area contributed by atoms with Gasteiger partial charge in [-0.1, -0.05) is 13.3 Å². The molecule has 0 radical (unpaired) electrons. The summed E-state index contributed by atoms with van der Waals surface area (Å²) in [7, 11) is 0. The Morgan fingerprint density at radius 2 is 1.90 bits per heavy atom. The van der Waals surface area contributed by atoms with E-state index in [-0.39, 0.29) is 18.5 Å². The van der Waals surface area contributed by atoms with Gasteiger partial charge in [0.15, 0.2) is 0 Å². The molecule has 0 saturated carbocycles. The molecule has 0 aromatic heterocycles. The molecule has 1 aliphatic rings. The molecule has 2 unspecified atom stereocenters. The number of carboxylic acid groups (broad SMARTS) is 1. The van der Waals surface area contributed by atoms with Gasteiger partial charge in [0.2, 0.25) is 0 Å². The lowest BCUT2D eigenvalue weighted by molar-refractivity contribution is -0.137. The van der Waals surface area contributed by atoms with Gasteiger partial charge in [-0.05, 0) is 39.3 Å². The van der Waals surface area contributed by atoms with E-state index in [4.69, 9.17) is 5.11 Å². The predicted molar refractivity (Wildman–Crippen MR) is 77.8 cm³/mol. The highest BCUT2D eigenvalue weighted by Crippen LogP contribution is 2.11. The number of nitrogens with one attached hydrogen (secondary N) is 2. The third kappa shape index (κ3) is 6.23.